The van der Waals surface area contributed by atoms with Gasteiger partial charge >= 0.3 is 0 Å². The molecular formula is C9H13NO. The van der Waals surface area contributed by atoms with Crippen molar-refractivity contribution in [2.75, 3.05) is 0 Å². The van der Waals surface area contributed by atoms with Crippen molar-refractivity contribution >= 4 is 6.79 Å². The minimum atomic E-state index is 0.646. The minimum absolute atomic E-state index is 0.646. The van der Waals surface area contributed by atoms with Gasteiger partial charge in [0.05, 0.1) is 0 Å². The zero-order valence-electron chi connectivity index (χ0n) is 6.71. The number of hydrogen-bond donors (Lipinski definition) is 1. The Morgan fingerprint density at radius 1 is 1.36 bits per heavy atom. The highest BCUT2D eigenvalue weighted by atomic mass is 16.1. The van der Waals surface area contributed by atoms with Crippen LogP contribution in [0.4, 0.5) is 0 Å². The number of benzene rings is 1. The molecule has 0 aliphatic rings. The summed E-state index contributed by atoms with van der Waals surface area (Å²) in [5.41, 5.74) is 7.96. The first kappa shape index (κ1) is 9.85. The summed E-state index contributed by atoms with van der Waals surface area (Å²) in [6.07, 6.45) is 0. The lowest BCUT2D eigenvalue weighted by Crippen LogP contribution is -1.97. The SMILES string of the molecule is C=O.Cc1ccccc1CN. The molecule has 0 amide bonds. The predicted molar refractivity (Wildman–Crippen MR) is 46.2 cm³/mol. The molecule has 2 heteroatoms. The van der Waals surface area contributed by atoms with Crippen LogP contribution in [-0.4, -0.2) is 6.79 Å². The van der Waals surface area contributed by atoms with Crippen molar-refractivity contribution < 1.29 is 4.79 Å². The molecule has 0 saturated carbocycles. The van der Waals surface area contributed by atoms with Crippen LogP contribution in [0.5, 0.6) is 0 Å². The third kappa shape index (κ3) is 2.96. The van der Waals surface area contributed by atoms with Gasteiger partial charge in [0.1, 0.15) is 6.79 Å². The second-order valence-electron chi connectivity index (χ2n) is 2.13. The number of rotatable bonds is 1. The summed E-state index contributed by atoms with van der Waals surface area (Å²) >= 11 is 0. The highest BCUT2D eigenvalue weighted by molar-refractivity contribution is 5.24. The van der Waals surface area contributed by atoms with Gasteiger partial charge in [-0.1, -0.05) is 24.3 Å². The van der Waals surface area contributed by atoms with Crippen LogP contribution < -0.4 is 5.73 Å². The molecule has 1 aromatic carbocycles. The Morgan fingerprint density at radius 3 is 2.27 bits per heavy atom. The Hall–Kier alpha value is -1.15. The summed E-state index contributed by atoms with van der Waals surface area (Å²) in [5.74, 6) is 0. The smallest absolute Gasteiger partial charge is 0.106 e. The fourth-order valence-corrected chi connectivity index (χ4v) is 0.839. The molecule has 1 aromatic rings. The molecule has 0 heterocycles. The van der Waals surface area contributed by atoms with Gasteiger partial charge in [-0.2, -0.15) is 0 Å². The summed E-state index contributed by atoms with van der Waals surface area (Å²) in [6.45, 7) is 4.72. The largest absolute Gasteiger partial charge is 0.326 e. The lowest BCUT2D eigenvalue weighted by molar-refractivity contribution is -0.0979. The maximum absolute atomic E-state index is 8.00. The van der Waals surface area contributed by atoms with Gasteiger partial charge in [-0.15, -0.1) is 0 Å². The molecule has 0 bridgehead atoms. The average Bonchev–Trinajstić information content (AvgIpc) is 2.09. The van der Waals surface area contributed by atoms with Gasteiger partial charge in [0, 0.05) is 6.54 Å². The van der Waals surface area contributed by atoms with Gasteiger partial charge in [-0.25, -0.2) is 0 Å². The summed E-state index contributed by atoms with van der Waals surface area (Å²) < 4.78 is 0. The maximum atomic E-state index is 8.00. The molecule has 0 radical (unpaired) electrons. The molecule has 0 spiro atoms. The highest BCUT2D eigenvalue weighted by Crippen LogP contribution is 2.04. The van der Waals surface area contributed by atoms with Crippen LogP contribution in [0.2, 0.25) is 0 Å². The Morgan fingerprint density at radius 2 is 1.91 bits per heavy atom. The quantitative estimate of drug-likeness (QED) is 0.656. The van der Waals surface area contributed by atoms with Crippen LogP contribution in [0.1, 0.15) is 11.1 Å². The second kappa shape index (κ2) is 5.62. The second-order valence-corrected chi connectivity index (χ2v) is 2.13. The summed E-state index contributed by atoms with van der Waals surface area (Å²) in [6, 6.07) is 8.15. The van der Waals surface area contributed by atoms with Gasteiger partial charge < -0.3 is 10.5 Å². The molecule has 60 valence electrons. The zero-order chi connectivity index (χ0) is 8.69. The van der Waals surface area contributed by atoms with Crippen molar-refractivity contribution in [2.45, 2.75) is 13.5 Å². The number of hydrogen-bond acceptors (Lipinski definition) is 2. The topological polar surface area (TPSA) is 43.1 Å². The molecular weight excluding hydrogens is 138 g/mol. The van der Waals surface area contributed by atoms with Gasteiger partial charge in [0.2, 0.25) is 0 Å². The van der Waals surface area contributed by atoms with Gasteiger partial charge in [0.25, 0.3) is 0 Å². The van der Waals surface area contributed by atoms with E-state index in [-0.39, 0.29) is 0 Å². The van der Waals surface area contributed by atoms with Crippen molar-refractivity contribution in [1.29, 1.82) is 0 Å². The molecule has 1 rings (SSSR count). The molecule has 0 fully saturated rings. The van der Waals surface area contributed by atoms with Crippen molar-refractivity contribution in [3.63, 3.8) is 0 Å². The normalized spacial score (nSPS) is 8.18. The molecule has 0 unspecified atom stereocenters. The zero-order valence-corrected chi connectivity index (χ0v) is 6.71. The standard InChI is InChI=1S/C8H11N.CH2O/c1-7-4-2-3-5-8(7)6-9;1-2/h2-5H,6,9H2,1H3;1H2. The highest BCUT2D eigenvalue weighted by Gasteiger charge is 1.89. The first-order valence-corrected chi connectivity index (χ1v) is 3.38. The van der Waals surface area contributed by atoms with E-state index >= 15 is 0 Å². The Balaban J connectivity index is 0.000000461. The first-order valence-electron chi connectivity index (χ1n) is 3.38. The lowest BCUT2D eigenvalue weighted by atomic mass is 10.1. The number of aryl methyl sites for hydroxylation is 1. The van der Waals surface area contributed by atoms with E-state index in [1.54, 1.807) is 0 Å². The van der Waals surface area contributed by atoms with Gasteiger partial charge in [-0.05, 0) is 18.1 Å². The van der Waals surface area contributed by atoms with E-state index < -0.39 is 0 Å². The fraction of sp³-hybridized carbons (Fsp3) is 0.222. The van der Waals surface area contributed by atoms with Gasteiger partial charge in [0.15, 0.2) is 0 Å². The van der Waals surface area contributed by atoms with E-state index in [9.17, 15) is 0 Å². The Kier molecular flexibility index (Phi) is 5.03. The molecule has 0 saturated heterocycles. The van der Waals surface area contributed by atoms with Crippen LogP contribution in [0, 0.1) is 6.92 Å². The number of carbonyl (C=O) groups excluding carboxylic acids is 1. The van der Waals surface area contributed by atoms with E-state index in [2.05, 4.69) is 19.1 Å². The van der Waals surface area contributed by atoms with Crippen LogP contribution in [0.15, 0.2) is 24.3 Å². The van der Waals surface area contributed by atoms with E-state index in [1.807, 2.05) is 18.9 Å². The molecule has 2 nitrogen and oxygen atoms in total. The Bertz CT molecular complexity index is 210. The maximum Gasteiger partial charge on any atom is 0.106 e. The minimum Gasteiger partial charge on any atom is -0.326 e. The van der Waals surface area contributed by atoms with Crippen molar-refractivity contribution in [3.05, 3.63) is 35.4 Å². The lowest BCUT2D eigenvalue weighted by Gasteiger charge is -1.98. The molecule has 0 aliphatic heterocycles. The van der Waals surface area contributed by atoms with E-state index in [0.29, 0.717) is 6.54 Å². The number of carbonyl (C=O) groups is 1. The average molecular weight is 151 g/mol. The van der Waals surface area contributed by atoms with Gasteiger partial charge in [-0.3, -0.25) is 0 Å². The van der Waals surface area contributed by atoms with Crippen molar-refractivity contribution in [1.82, 2.24) is 0 Å². The third-order valence-corrected chi connectivity index (χ3v) is 1.48. The van der Waals surface area contributed by atoms with Crippen molar-refractivity contribution in [2.24, 2.45) is 5.73 Å². The fourth-order valence-electron chi connectivity index (χ4n) is 0.839. The third-order valence-electron chi connectivity index (χ3n) is 1.48. The van der Waals surface area contributed by atoms with Crippen molar-refractivity contribution in [3.8, 4) is 0 Å². The monoisotopic (exact) mass is 151 g/mol. The van der Waals surface area contributed by atoms with E-state index in [0.717, 1.165) is 0 Å². The van der Waals surface area contributed by atoms with Crippen LogP contribution in [0.3, 0.4) is 0 Å². The van der Waals surface area contributed by atoms with Crippen LogP contribution in [-0.2, 0) is 11.3 Å². The van der Waals surface area contributed by atoms with E-state index in [1.165, 1.54) is 11.1 Å². The van der Waals surface area contributed by atoms with E-state index in [4.69, 9.17) is 10.5 Å². The summed E-state index contributed by atoms with van der Waals surface area (Å²) in [7, 11) is 0. The molecule has 11 heavy (non-hydrogen) atoms. The summed E-state index contributed by atoms with van der Waals surface area (Å²) in [4.78, 5) is 8.00. The molecule has 2 N–H and O–H groups in total. The predicted octanol–water partition coefficient (Wildman–Crippen LogP) is 1.27. The molecule has 0 aliphatic carbocycles. The Labute approximate surface area is 67.0 Å². The van der Waals surface area contributed by atoms with Crippen LogP contribution >= 0.6 is 0 Å². The first-order chi connectivity index (χ1) is 5.34. The molecule has 0 aromatic heterocycles. The summed E-state index contributed by atoms with van der Waals surface area (Å²) in [5, 5.41) is 0. The molecule has 0 atom stereocenters. The number of nitrogens with two attached hydrogens (primary N) is 1. The van der Waals surface area contributed by atoms with Crippen LogP contribution in [0.25, 0.3) is 0 Å².